The number of hydrogen-bond acceptors (Lipinski definition) is 5. The van der Waals surface area contributed by atoms with Crippen molar-refractivity contribution in [3.63, 3.8) is 0 Å². The van der Waals surface area contributed by atoms with E-state index in [9.17, 15) is 31.1 Å². The van der Waals surface area contributed by atoms with Crippen LogP contribution in [0, 0.1) is 0 Å². The van der Waals surface area contributed by atoms with Gasteiger partial charge in [-0.15, -0.1) is 0 Å². The molecule has 1 amide bonds. The molecule has 2 heterocycles. The second-order valence-corrected chi connectivity index (χ2v) is 7.47. The fraction of sp³-hybridized carbons (Fsp3) is 0.118. The number of benzene rings is 1. The predicted molar refractivity (Wildman–Crippen MR) is 98.9 cm³/mol. The van der Waals surface area contributed by atoms with E-state index in [-0.39, 0.29) is 32.2 Å². The molecule has 1 saturated heterocycles. The van der Waals surface area contributed by atoms with Gasteiger partial charge < -0.3 is 0 Å². The Morgan fingerprint density at radius 1 is 1.03 bits per heavy atom. The van der Waals surface area contributed by atoms with Crippen LogP contribution >= 0.6 is 24.0 Å². The van der Waals surface area contributed by atoms with E-state index >= 15 is 0 Å². The molecule has 4 nitrogen and oxygen atoms in total. The summed E-state index contributed by atoms with van der Waals surface area (Å²) in [5, 5.41) is 0.748. The molecule has 1 aromatic heterocycles. The molecule has 2 N–H and O–H groups in total. The van der Waals surface area contributed by atoms with E-state index in [2.05, 4.69) is 4.98 Å². The maximum Gasteiger partial charge on any atom is 0.416 e. The number of nitrogens with zero attached hydrogens (tertiary/aromatic N) is 2. The Bertz CT molecular complexity index is 1000. The van der Waals surface area contributed by atoms with Gasteiger partial charge in [0.1, 0.15) is 0 Å². The van der Waals surface area contributed by atoms with E-state index in [1.165, 1.54) is 24.3 Å². The highest BCUT2D eigenvalue weighted by atomic mass is 32.2. The van der Waals surface area contributed by atoms with Crippen LogP contribution in [0.2, 0.25) is 0 Å². The van der Waals surface area contributed by atoms with Gasteiger partial charge in [-0.25, -0.2) is 15.8 Å². The molecule has 29 heavy (non-hydrogen) atoms. The summed E-state index contributed by atoms with van der Waals surface area (Å²) in [6, 6.07) is 5.30. The molecule has 12 heteroatoms. The molecule has 0 unspecified atom stereocenters. The Kier molecular flexibility index (Phi) is 5.45. The van der Waals surface area contributed by atoms with Gasteiger partial charge >= 0.3 is 12.4 Å². The van der Waals surface area contributed by atoms with E-state index in [1.807, 2.05) is 0 Å². The van der Waals surface area contributed by atoms with Crippen molar-refractivity contribution in [3.05, 3.63) is 58.1 Å². The Balaban J connectivity index is 2.07. The van der Waals surface area contributed by atoms with Crippen LogP contribution in [0.1, 0.15) is 16.8 Å². The number of aromatic nitrogens is 1. The van der Waals surface area contributed by atoms with Gasteiger partial charge in [-0.2, -0.15) is 26.3 Å². The number of thioether (sulfide) groups is 1. The van der Waals surface area contributed by atoms with Crippen molar-refractivity contribution >= 4 is 40.3 Å². The van der Waals surface area contributed by atoms with Crippen molar-refractivity contribution in [1.29, 1.82) is 0 Å². The Morgan fingerprint density at radius 2 is 1.62 bits per heavy atom. The van der Waals surface area contributed by atoms with Crippen molar-refractivity contribution in [2.24, 2.45) is 5.84 Å². The number of hydrogen-bond donors (Lipinski definition) is 1. The van der Waals surface area contributed by atoms with Crippen LogP contribution in [0.25, 0.3) is 17.3 Å². The molecule has 152 valence electrons. The molecule has 0 spiro atoms. The van der Waals surface area contributed by atoms with Crippen LogP contribution in [0.15, 0.2) is 41.3 Å². The van der Waals surface area contributed by atoms with E-state index in [0.717, 1.165) is 16.8 Å². The highest BCUT2D eigenvalue weighted by molar-refractivity contribution is 8.26. The first kappa shape index (κ1) is 21.3. The second-order valence-electron chi connectivity index (χ2n) is 5.79. The summed E-state index contributed by atoms with van der Waals surface area (Å²) in [4.78, 5) is 16.1. The third-order valence-corrected chi connectivity index (χ3v) is 5.09. The minimum absolute atomic E-state index is 0.0416. The zero-order chi connectivity index (χ0) is 21.6. The molecular formula is C17H9F6N3OS2. The van der Waals surface area contributed by atoms with E-state index < -0.39 is 29.4 Å². The average molecular weight is 449 g/mol. The van der Waals surface area contributed by atoms with Gasteiger partial charge in [0.2, 0.25) is 0 Å². The summed E-state index contributed by atoms with van der Waals surface area (Å²) in [5.74, 6) is 4.86. The first-order chi connectivity index (χ1) is 13.4. The molecule has 2 aromatic rings. The van der Waals surface area contributed by atoms with Crippen molar-refractivity contribution in [3.8, 4) is 11.3 Å². The fourth-order valence-electron chi connectivity index (χ4n) is 2.41. The SMILES string of the molecule is NN1C(=O)C(=Cc2cccc(-c3cc(C(F)(F)F)cc(C(F)(F)F)c3)n2)SC1=S. The van der Waals surface area contributed by atoms with Gasteiger partial charge in [0.25, 0.3) is 5.91 Å². The molecule has 1 fully saturated rings. The van der Waals surface area contributed by atoms with Gasteiger partial charge in [-0.3, -0.25) is 4.79 Å². The molecule has 0 atom stereocenters. The van der Waals surface area contributed by atoms with Crippen LogP contribution in [0.5, 0.6) is 0 Å². The zero-order valence-corrected chi connectivity index (χ0v) is 15.6. The highest BCUT2D eigenvalue weighted by Crippen LogP contribution is 2.38. The minimum atomic E-state index is -4.97. The first-order valence-corrected chi connectivity index (χ1v) is 8.88. The van der Waals surface area contributed by atoms with Gasteiger partial charge in [0.15, 0.2) is 4.32 Å². The highest BCUT2D eigenvalue weighted by Gasteiger charge is 2.37. The first-order valence-electron chi connectivity index (χ1n) is 7.66. The lowest BCUT2D eigenvalue weighted by atomic mass is 10.0. The van der Waals surface area contributed by atoms with Crippen LogP contribution < -0.4 is 5.84 Å². The second kappa shape index (κ2) is 7.43. The number of nitrogens with two attached hydrogens (primary N) is 1. The Labute approximate surface area is 169 Å². The van der Waals surface area contributed by atoms with Crippen molar-refractivity contribution < 1.29 is 31.1 Å². The average Bonchev–Trinajstić information content (AvgIpc) is 2.87. The molecule has 0 saturated carbocycles. The van der Waals surface area contributed by atoms with Crippen molar-refractivity contribution in [1.82, 2.24) is 9.99 Å². The fourth-order valence-corrected chi connectivity index (χ4v) is 3.50. The number of pyridine rings is 1. The molecule has 1 aliphatic heterocycles. The largest absolute Gasteiger partial charge is 0.416 e. The monoisotopic (exact) mass is 449 g/mol. The quantitative estimate of drug-likeness (QED) is 0.233. The van der Waals surface area contributed by atoms with Gasteiger partial charge in [0, 0.05) is 5.56 Å². The number of rotatable bonds is 2. The molecule has 0 bridgehead atoms. The van der Waals surface area contributed by atoms with Gasteiger partial charge in [-0.1, -0.05) is 30.0 Å². The van der Waals surface area contributed by atoms with Crippen LogP contribution in [-0.2, 0) is 17.1 Å². The van der Waals surface area contributed by atoms with Crippen LogP contribution in [0.4, 0.5) is 26.3 Å². The van der Waals surface area contributed by atoms with Crippen LogP contribution in [0.3, 0.4) is 0 Å². The molecular weight excluding hydrogens is 440 g/mol. The summed E-state index contributed by atoms with van der Waals surface area (Å²) in [5.41, 5.74) is -3.24. The van der Waals surface area contributed by atoms with Crippen molar-refractivity contribution in [2.45, 2.75) is 12.4 Å². The standard InChI is InChI=1S/C17H9F6N3OS2/c18-16(19,20)9-4-8(5-10(6-9)17(21,22)23)12-3-1-2-11(25-12)7-13-14(27)26(24)15(28)29-13/h1-7H,24H2. The summed E-state index contributed by atoms with van der Waals surface area (Å²) < 4.78 is 78.4. The van der Waals surface area contributed by atoms with Gasteiger partial charge in [-0.05, 0) is 36.4 Å². The number of amides is 1. The topological polar surface area (TPSA) is 59.2 Å². The lowest BCUT2D eigenvalue weighted by Gasteiger charge is -2.14. The lowest BCUT2D eigenvalue weighted by molar-refractivity contribution is -0.143. The molecule has 1 aromatic carbocycles. The van der Waals surface area contributed by atoms with E-state index in [4.69, 9.17) is 18.1 Å². The van der Waals surface area contributed by atoms with Crippen LogP contribution in [-0.4, -0.2) is 20.2 Å². The van der Waals surface area contributed by atoms with Crippen molar-refractivity contribution in [2.75, 3.05) is 0 Å². The van der Waals surface area contributed by atoms with Gasteiger partial charge in [0.05, 0.1) is 27.4 Å². The number of carbonyl (C=O) groups is 1. The maximum absolute atomic E-state index is 13.1. The normalized spacial score (nSPS) is 16.8. The number of alkyl halides is 6. The molecule has 1 aliphatic rings. The molecule has 0 radical (unpaired) electrons. The Hall–Kier alpha value is -2.44. The smallest absolute Gasteiger partial charge is 0.267 e. The predicted octanol–water partition coefficient (Wildman–Crippen LogP) is 4.86. The molecule has 3 rings (SSSR count). The number of hydrazine groups is 1. The minimum Gasteiger partial charge on any atom is -0.267 e. The maximum atomic E-state index is 13.1. The molecule has 0 aliphatic carbocycles. The Morgan fingerprint density at radius 3 is 2.10 bits per heavy atom. The number of halogens is 6. The zero-order valence-electron chi connectivity index (χ0n) is 14.0. The summed E-state index contributed by atoms with van der Waals surface area (Å²) in [6.45, 7) is 0. The summed E-state index contributed by atoms with van der Waals surface area (Å²) in [7, 11) is 0. The number of carbonyl (C=O) groups excluding carboxylic acids is 1. The number of thiocarbonyl (C=S) groups is 1. The third kappa shape index (κ3) is 4.60. The summed E-state index contributed by atoms with van der Waals surface area (Å²) >= 11 is 5.78. The lowest BCUT2D eigenvalue weighted by Crippen LogP contribution is -2.34. The summed E-state index contributed by atoms with van der Waals surface area (Å²) in [6.07, 6.45) is -8.64. The van der Waals surface area contributed by atoms with E-state index in [1.54, 1.807) is 0 Å². The van der Waals surface area contributed by atoms with E-state index in [0.29, 0.717) is 12.1 Å². The third-order valence-electron chi connectivity index (χ3n) is 3.76.